The standard InChI is InChI=1S/C15H27N3O/c16-11-15(5-1-6-15)8-14(19)17-9-12-4-7-18(10-12)13-2-3-13/h12-13H,1-11,16H2,(H,17,19). The van der Waals surface area contributed by atoms with Crippen LogP contribution in [0.1, 0.15) is 44.9 Å². The molecule has 1 aliphatic heterocycles. The maximum Gasteiger partial charge on any atom is 0.220 e. The van der Waals surface area contributed by atoms with E-state index >= 15 is 0 Å². The predicted molar refractivity (Wildman–Crippen MR) is 75.7 cm³/mol. The topological polar surface area (TPSA) is 58.4 Å². The predicted octanol–water partition coefficient (Wildman–Crippen LogP) is 1.11. The smallest absolute Gasteiger partial charge is 0.220 e. The number of hydrogen-bond donors (Lipinski definition) is 2. The van der Waals surface area contributed by atoms with Crippen LogP contribution in [-0.2, 0) is 4.79 Å². The Balaban J connectivity index is 1.36. The van der Waals surface area contributed by atoms with E-state index < -0.39 is 0 Å². The molecule has 3 aliphatic rings. The lowest BCUT2D eigenvalue weighted by Crippen LogP contribution is -2.42. The molecule has 1 amide bonds. The lowest BCUT2D eigenvalue weighted by molar-refractivity contribution is -0.124. The van der Waals surface area contributed by atoms with Gasteiger partial charge in [0.1, 0.15) is 0 Å². The molecule has 0 radical (unpaired) electrons. The van der Waals surface area contributed by atoms with Gasteiger partial charge in [-0.2, -0.15) is 0 Å². The van der Waals surface area contributed by atoms with E-state index in [-0.39, 0.29) is 11.3 Å². The van der Waals surface area contributed by atoms with Gasteiger partial charge in [0, 0.05) is 25.6 Å². The summed E-state index contributed by atoms with van der Waals surface area (Å²) in [6, 6.07) is 0.871. The van der Waals surface area contributed by atoms with E-state index in [9.17, 15) is 4.79 Å². The molecule has 1 unspecified atom stereocenters. The van der Waals surface area contributed by atoms with Gasteiger partial charge in [-0.25, -0.2) is 0 Å². The van der Waals surface area contributed by atoms with E-state index in [4.69, 9.17) is 5.73 Å². The second-order valence-electron chi connectivity index (χ2n) is 6.92. The van der Waals surface area contributed by atoms with Crippen LogP contribution < -0.4 is 11.1 Å². The Kier molecular flexibility index (Phi) is 3.81. The van der Waals surface area contributed by atoms with Crippen molar-refractivity contribution in [3.8, 4) is 0 Å². The third-order valence-electron chi connectivity index (χ3n) is 5.35. The van der Waals surface area contributed by atoms with Crippen LogP contribution in [-0.4, -0.2) is 43.0 Å². The van der Waals surface area contributed by atoms with Gasteiger partial charge in [0.15, 0.2) is 0 Å². The minimum Gasteiger partial charge on any atom is -0.356 e. The fourth-order valence-corrected chi connectivity index (χ4v) is 3.59. The van der Waals surface area contributed by atoms with Gasteiger partial charge in [0.05, 0.1) is 0 Å². The highest BCUT2D eigenvalue weighted by Crippen LogP contribution is 2.42. The number of likely N-dealkylation sites (tertiary alicyclic amines) is 1. The maximum absolute atomic E-state index is 12.0. The molecule has 3 N–H and O–H groups in total. The highest BCUT2D eigenvalue weighted by Gasteiger charge is 2.38. The largest absolute Gasteiger partial charge is 0.356 e. The molecule has 2 saturated carbocycles. The van der Waals surface area contributed by atoms with Crippen LogP contribution in [0, 0.1) is 11.3 Å². The van der Waals surface area contributed by atoms with E-state index in [2.05, 4.69) is 10.2 Å². The van der Waals surface area contributed by atoms with Crippen molar-refractivity contribution in [3.05, 3.63) is 0 Å². The fourth-order valence-electron chi connectivity index (χ4n) is 3.59. The van der Waals surface area contributed by atoms with Gasteiger partial charge >= 0.3 is 0 Å². The molecule has 3 fully saturated rings. The number of hydrogen-bond acceptors (Lipinski definition) is 3. The van der Waals surface area contributed by atoms with Crippen molar-refractivity contribution in [2.75, 3.05) is 26.2 Å². The highest BCUT2D eigenvalue weighted by atomic mass is 16.1. The summed E-state index contributed by atoms with van der Waals surface area (Å²) >= 11 is 0. The lowest BCUT2D eigenvalue weighted by atomic mass is 9.66. The molecule has 19 heavy (non-hydrogen) atoms. The molecule has 108 valence electrons. The first-order valence-corrected chi connectivity index (χ1v) is 7.92. The van der Waals surface area contributed by atoms with Crippen LogP contribution in [0.4, 0.5) is 0 Å². The number of amides is 1. The molecule has 0 aromatic heterocycles. The van der Waals surface area contributed by atoms with Crippen molar-refractivity contribution >= 4 is 5.91 Å². The second-order valence-corrected chi connectivity index (χ2v) is 6.92. The number of carbonyl (C=O) groups excluding carboxylic acids is 1. The molecule has 3 rings (SSSR count). The minimum atomic E-state index is 0.139. The van der Waals surface area contributed by atoms with Crippen LogP contribution in [0.3, 0.4) is 0 Å². The maximum atomic E-state index is 12.0. The SMILES string of the molecule is NCC1(CC(=O)NCC2CCN(C3CC3)C2)CCC1. The molecule has 0 spiro atoms. The summed E-state index contributed by atoms with van der Waals surface area (Å²) in [7, 11) is 0. The highest BCUT2D eigenvalue weighted by molar-refractivity contribution is 5.76. The van der Waals surface area contributed by atoms with Gasteiger partial charge in [-0.3, -0.25) is 4.79 Å². The van der Waals surface area contributed by atoms with Crippen LogP contribution in [0.5, 0.6) is 0 Å². The Hall–Kier alpha value is -0.610. The molecular weight excluding hydrogens is 238 g/mol. The molecule has 1 atom stereocenters. The Morgan fingerprint density at radius 1 is 1.32 bits per heavy atom. The molecule has 4 nitrogen and oxygen atoms in total. The Bertz CT molecular complexity index is 331. The normalized spacial score (nSPS) is 30.1. The number of nitrogens with zero attached hydrogens (tertiary/aromatic N) is 1. The molecule has 0 aromatic carbocycles. The number of nitrogens with one attached hydrogen (secondary N) is 1. The summed E-state index contributed by atoms with van der Waals surface area (Å²) in [5.41, 5.74) is 5.95. The fraction of sp³-hybridized carbons (Fsp3) is 0.933. The van der Waals surface area contributed by atoms with Gasteiger partial charge in [0.2, 0.25) is 5.91 Å². The first-order valence-electron chi connectivity index (χ1n) is 7.92. The van der Waals surface area contributed by atoms with Gasteiger partial charge in [-0.05, 0) is 56.5 Å². The summed E-state index contributed by atoms with van der Waals surface area (Å²) in [5, 5.41) is 3.14. The molecule has 0 bridgehead atoms. The zero-order valence-corrected chi connectivity index (χ0v) is 11.9. The molecule has 4 heteroatoms. The summed E-state index contributed by atoms with van der Waals surface area (Å²) in [4.78, 5) is 14.6. The van der Waals surface area contributed by atoms with E-state index in [1.54, 1.807) is 0 Å². The lowest BCUT2D eigenvalue weighted by Gasteiger charge is -2.40. The molecule has 1 saturated heterocycles. The first kappa shape index (κ1) is 13.4. The van der Waals surface area contributed by atoms with Gasteiger partial charge < -0.3 is 16.0 Å². The van der Waals surface area contributed by atoms with E-state index in [1.807, 2.05) is 0 Å². The average molecular weight is 265 g/mol. The third kappa shape index (κ3) is 3.11. The summed E-state index contributed by atoms with van der Waals surface area (Å²) in [6.45, 7) is 3.95. The second kappa shape index (κ2) is 5.41. The minimum absolute atomic E-state index is 0.139. The van der Waals surface area contributed by atoms with Crippen molar-refractivity contribution in [2.45, 2.75) is 51.0 Å². The van der Waals surface area contributed by atoms with Crippen molar-refractivity contribution < 1.29 is 4.79 Å². The molecule has 0 aromatic rings. The zero-order chi connectivity index (χ0) is 13.3. The Morgan fingerprint density at radius 2 is 2.11 bits per heavy atom. The Morgan fingerprint density at radius 3 is 2.68 bits per heavy atom. The van der Waals surface area contributed by atoms with Crippen molar-refractivity contribution in [1.82, 2.24) is 10.2 Å². The monoisotopic (exact) mass is 265 g/mol. The molecule has 2 aliphatic carbocycles. The third-order valence-corrected chi connectivity index (χ3v) is 5.35. The number of nitrogens with two attached hydrogens (primary N) is 1. The van der Waals surface area contributed by atoms with Gasteiger partial charge in [-0.1, -0.05) is 6.42 Å². The first-order chi connectivity index (χ1) is 9.21. The quantitative estimate of drug-likeness (QED) is 0.756. The summed E-state index contributed by atoms with van der Waals surface area (Å²) in [6.07, 6.45) is 8.17. The van der Waals surface area contributed by atoms with Crippen LogP contribution >= 0.6 is 0 Å². The van der Waals surface area contributed by atoms with E-state index in [1.165, 1.54) is 38.8 Å². The van der Waals surface area contributed by atoms with Crippen LogP contribution in [0.2, 0.25) is 0 Å². The molecule has 1 heterocycles. The number of carbonyl (C=O) groups is 1. The molecular formula is C15H27N3O. The van der Waals surface area contributed by atoms with E-state index in [0.717, 1.165) is 25.4 Å². The van der Waals surface area contributed by atoms with Crippen molar-refractivity contribution in [1.29, 1.82) is 0 Å². The zero-order valence-electron chi connectivity index (χ0n) is 11.9. The van der Waals surface area contributed by atoms with Crippen LogP contribution in [0.15, 0.2) is 0 Å². The van der Waals surface area contributed by atoms with E-state index in [0.29, 0.717) is 18.9 Å². The van der Waals surface area contributed by atoms with Gasteiger partial charge in [-0.15, -0.1) is 0 Å². The summed E-state index contributed by atoms with van der Waals surface area (Å²) < 4.78 is 0. The Labute approximate surface area is 116 Å². The number of rotatable bonds is 6. The summed E-state index contributed by atoms with van der Waals surface area (Å²) in [5.74, 6) is 0.884. The van der Waals surface area contributed by atoms with Crippen molar-refractivity contribution in [3.63, 3.8) is 0 Å². The van der Waals surface area contributed by atoms with Crippen LogP contribution in [0.25, 0.3) is 0 Å². The average Bonchev–Trinajstić information content (AvgIpc) is 3.11. The van der Waals surface area contributed by atoms with Crippen molar-refractivity contribution in [2.24, 2.45) is 17.1 Å². The van der Waals surface area contributed by atoms with Gasteiger partial charge in [0.25, 0.3) is 0 Å².